The summed E-state index contributed by atoms with van der Waals surface area (Å²) in [6, 6.07) is 0.438. The lowest BCUT2D eigenvalue weighted by atomic mass is 9.62. The number of carbonyl (C=O) groups is 1. The maximum atomic E-state index is 14.2. The third kappa shape index (κ3) is 3.89. The van der Waals surface area contributed by atoms with Gasteiger partial charge in [0, 0.05) is 18.0 Å². The van der Waals surface area contributed by atoms with Crippen LogP contribution in [0.4, 0.5) is 4.39 Å². The molecule has 4 rings (SSSR count). The summed E-state index contributed by atoms with van der Waals surface area (Å²) >= 11 is 0. The molecule has 1 N–H and O–H groups in total. The van der Waals surface area contributed by atoms with Crippen molar-refractivity contribution in [3.8, 4) is 0 Å². The molecule has 3 fully saturated rings. The fourth-order valence-corrected chi connectivity index (χ4v) is 5.92. The van der Waals surface area contributed by atoms with Crippen molar-refractivity contribution in [1.82, 2.24) is 20.3 Å². The molecule has 2 heterocycles. The van der Waals surface area contributed by atoms with Gasteiger partial charge >= 0.3 is 5.97 Å². The first kappa shape index (κ1) is 18.8. The van der Waals surface area contributed by atoms with E-state index in [1.807, 2.05) is 0 Å². The van der Waals surface area contributed by atoms with E-state index in [1.54, 1.807) is 17.2 Å². The molecule has 6 nitrogen and oxygen atoms in total. The molecule has 150 valence electrons. The Kier molecular flexibility index (Phi) is 5.76. The lowest BCUT2D eigenvalue weighted by molar-refractivity contribution is -0.155. The zero-order valence-electron chi connectivity index (χ0n) is 16.1. The minimum Gasteiger partial charge on any atom is -0.469 e. The SMILES string of the molecule is COC(=O)C1C2CCCCC2NC(C2CCCC(F)C2)C1Cn1nccn1. The first-order valence-electron chi connectivity index (χ1n) is 10.5. The van der Waals surface area contributed by atoms with Crippen molar-refractivity contribution in [1.29, 1.82) is 0 Å². The van der Waals surface area contributed by atoms with Crippen molar-refractivity contribution in [2.75, 3.05) is 7.11 Å². The number of piperidine rings is 1. The summed E-state index contributed by atoms with van der Waals surface area (Å²) in [5.41, 5.74) is 0. The molecule has 0 bridgehead atoms. The highest BCUT2D eigenvalue weighted by Crippen LogP contribution is 2.45. The van der Waals surface area contributed by atoms with Crippen LogP contribution in [0.15, 0.2) is 12.4 Å². The van der Waals surface area contributed by atoms with E-state index >= 15 is 0 Å². The first-order valence-corrected chi connectivity index (χ1v) is 10.5. The lowest BCUT2D eigenvalue weighted by Gasteiger charge is -2.51. The Labute approximate surface area is 160 Å². The number of fused-ring (bicyclic) bond motifs is 1. The number of nitrogens with one attached hydrogen (secondary N) is 1. The Balaban J connectivity index is 1.66. The quantitative estimate of drug-likeness (QED) is 0.816. The summed E-state index contributed by atoms with van der Waals surface area (Å²) in [4.78, 5) is 14.6. The van der Waals surface area contributed by atoms with Crippen molar-refractivity contribution in [3.63, 3.8) is 0 Å². The van der Waals surface area contributed by atoms with Crippen LogP contribution >= 0.6 is 0 Å². The second-order valence-corrected chi connectivity index (χ2v) is 8.57. The van der Waals surface area contributed by atoms with Gasteiger partial charge in [0.2, 0.25) is 0 Å². The summed E-state index contributed by atoms with van der Waals surface area (Å²) in [5.74, 6) is 0.275. The van der Waals surface area contributed by atoms with Crippen LogP contribution in [0.2, 0.25) is 0 Å². The molecule has 1 aromatic rings. The van der Waals surface area contributed by atoms with Crippen LogP contribution in [-0.4, -0.2) is 46.3 Å². The number of halogens is 1. The summed E-state index contributed by atoms with van der Waals surface area (Å²) in [6.45, 7) is 0.571. The van der Waals surface area contributed by atoms with Crippen LogP contribution in [0, 0.1) is 23.7 Å². The molecule has 2 aliphatic carbocycles. The molecule has 0 spiro atoms. The van der Waals surface area contributed by atoms with Crippen LogP contribution in [0.1, 0.15) is 51.4 Å². The Morgan fingerprint density at radius 1 is 1.19 bits per heavy atom. The van der Waals surface area contributed by atoms with Gasteiger partial charge in [-0.1, -0.05) is 19.3 Å². The third-order valence-electron chi connectivity index (χ3n) is 7.08. The summed E-state index contributed by atoms with van der Waals surface area (Å²) < 4.78 is 19.5. The highest BCUT2D eigenvalue weighted by Gasteiger charge is 2.51. The van der Waals surface area contributed by atoms with E-state index in [4.69, 9.17) is 4.74 Å². The molecule has 2 saturated carbocycles. The zero-order valence-corrected chi connectivity index (χ0v) is 16.1. The monoisotopic (exact) mass is 378 g/mol. The fourth-order valence-electron chi connectivity index (χ4n) is 5.92. The Morgan fingerprint density at radius 3 is 2.70 bits per heavy atom. The number of esters is 1. The topological polar surface area (TPSA) is 69.0 Å². The van der Waals surface area contributed by atoms with Gasteiger partial charge in [0.1, 0.15) is 6.17 Å². The van der Waals surface area contributed by atoms with E-state index in [-0.39, 0.29) is 35.7 Å². The van der Waals surface area contributed by atoms with E-state index in [9.17, 15) is 9.18 Å². The molecule has 1 aliphatic heterocycles. The number of carbonyl (C=O) groups excluding carboxylic acids is 1. The molecule has 3 aliphatic rings. The Morgan fingerprint density at radius 2 is 1.96 bits per heavy atom. The van der Waals surface area contributed by atoms with Gasteiger partial charge < -0.3 is 10.1 Å². The normalized spacial score (nSPS) is 39.6. The molecule has 7 unspecified atom stereocenters. The number of rotatable bonds is 4. The van der Waals surface area contributed by atoms with Crippen LogP contribution in [0.25, 0.3) is 0 Å². The van der Waals surface area contributed by atoms with Crippen LogP contribution in [-0.2, 0) is 16.1 Å². The predicted molar refractivity (Wildman–Crippen MR) is 98.5 cm³/mol. The predicted octanol–water partition coefficient (Wildman–Crippen LogP) is 2.74. The van der Waals surface area contributed by atoms with Gasteiger partial charge in [-0.15, -0.1) is 0 Å². The number of aromatic nitrogens is 3. The summed E-state index contributed by atoms with van der Waals surface area (Å²) in [7, 11) is 1.48. The standard InChI is InChI=1S/C20H31FN4O2/c1-27-20(26)18-15-7-2-3-8-17(15)24-19(13-5-4-6-14(21)11-13)16(18)12-25-22-9-10-23-25/h9-10,13-19,24H,2-8,11-12H2,1H3. The van der Waals surface area contributed by atoms with Crippen molar-refractivity contribution >= 4 is 5.97 Å². The van der Waals surface area contributed by atoms with Crippen LogP contribution in [0.5, 0.6) is 0 Å². The number of ether oxygens (including phenoxy) is 1. The van der Waals surface area contributed by atoms with Crippen LogP contribution < -0.4 is 5.32 Å². The van der Waals surface area contributed by atoms with E-state index in [1.165, 1.54) is 13.5 Å². The van der Waals surface area contributed by atoms with Crippen molar-refractivity contribution in [2.24, 2.45) is 23.7 Å². The van der Waals surface area contributed by atoms with Gasteiger partial charge in [-0.2, -0.15) is 15.0 Å². The Bertz CT molecular complexity index is 626. The molecule has 1 saturated heterocycles. The summed E-state index contributed by atoms with van der Waals surface area (Å²) in [5, 5.41) is 12.4. The average Bonchev–Trinajstić information content (AvgIpc) is 3.20. The smallest absolute Gasteiger partial charge is 0.309 e. The molecule has 0 aromatic carbocycles. The molecular weight excluding hydrogens is 347 g/mol. The highest BCUT2D eigenvalue weighted by atomic mass is 19.1. The maximum absolute atomic E-state index is 14.2. The van der Waals surface area contributed by atoms with Gasteiger partial charge in [0.25, 0.3) is 0 Å². The molecule has 0 radical (unpaired) electrons. The van der Waals surface area contributed by atoms with E-state index in [0.29, 0.717) is 25.4 Å². The molecule has 1 aromatic heterocycles. The molecule has 7 atom stereocenters. The number of hydrogen-bond acceptors (Lipinski definition) is 5. The maximum Gasteiger partial charge on any atom is 0.309 e. The second-order valence-electron chi connectivity index (χ2n) is 8.57. The van der Waals surface area contributed by atoms with E-state index in [0.717, 1.165) is 32.1 Å². The van der Waals surface area contributed by atoms with Crippen molar-refractivity contribution < 1.29 is 13.9 Å². The first-order chi connectivity index (χ1) is 13.2. The molecule has 0 amide bonds. The highest BCUT2D eigenvalue weighted by molar-refractivity contribution is 5.73. The zero-order chi connectivity index (χ0) is 18.8. The average molecular weight is 378 g/mol. The molecular formula is C20H31FN4O2. The number of hydrogen-bond donors (Lipinski definition) is 1. The van der Waals surface area contributed by atoms with Gasteiger partial charge in [0.05, 0.1) is 32.0 Å². The third-order valence-corrected chi connectivity index (χ3v) is 7.08. The van der Waals surface area contributed by atoms with Gasteiger partial charge in [-0.05, 0) is 43.9 Å². The van der Waals surface area contributed by atoms with Crippen LogP contribution in [0.3, 0.4) is 0 Å². The summed E-state index contributed by atoms with van der Waals surface area (Å²) in [6.07, 6.45) is 10.3. The van der Waals surface area contributed by atoms with E-state index in [2.05, 4.69) is 15.5 Å². The largest absolute Gasteiger partial charge is 0.469 e. The molecule has 27 heavy (non-hydrogen) atoms. The van der Waals surface area contributed by atoms with Crippen molar-refractivity contribution in [2.45, 2.75) is 76.2 Å². The van der Waals surface area contributed by atoms with Crippen molar-refractivity contribution in [3.05, 3.63) is 12.4 Å². The number of alkyl halides is 1. The fraction of sp³-hybridized carbons (Fsp3) is 0.850. The van der Waals surface area contributed by atoms with E-state index < -0.39 is 6.17 Å². The molecule has 7 heteroatoms. The van der Waals surface area contributed by atoms with Gasteiger partial charge in [-0.25, -0.2) is 4.39 Å². The van der Waals surface area contributed by atoms with Gasteiger partial charge in [0.15, 0.2) is 0 Å². The number of methoxy groups -OCH3 is 1. The van der Waals surface area contributed by atoms with Gasteiger partial charge in [-0.3, -0.25) is 4.79 Å². The minimum absolute atomic E-state index is 0.0273. The second kappa shape index (κ2) is 8.25. The lowest BCUT2D eigenvalue weighted by Crippen LogP contribution is -2.63. The number of nitrogens with zero attached hydrogens (tertiary/aromatic N) is 3. The minimum atomic E-state index is -0.727. The Hall–Kier alpha value is -1.50.